The highest BCUT2D eigenvalue weighted by molar-refractivity contribution is 6.34. The Kier molecular flexibility index (Phi) is 5.74. The Morgan fingerprint density at radius 3 is 2.25 bits per heavy atom. The third-order valence-electron chi connectivity index (χ3n) is 3.87. The Balaban J connectivity index is 2.18. The number of halogens is 2. The molecular formula is C16H24Cl2N2. The van der Waals surface area contributed by atoms with Crippen LogP contribution in [0.4, 0.5) is 0 Å². The molecule has 1 fully saturated rings. The van der Waals surface area contributed by atoms with Crippen LogP contribution in [-0.4, -0.2) is 24.0 Å². The van der Waals surface area contributed by atoms with Gasteiger partial charge in [-0.1, -0.05) is 37.0 Å². The van der Waals surface area contributed by atoms with E-state index in [0.717, 1.165) is 12.1 Å². The average Bonchev–Trinajstić information content (AvgIpc) is 3.16. The molecule has 4 heteroatoms. The zero-order valence-corrected chi connectivity index (χ0v) is 13.8. The molecule has 2 N–H and O–H groups in total. The van der Waals surface area contributed by atoms with E-state index in [9.17, 15) is 0 Å². The molecule has 0 saturated heterocycles. The molecule has 0 spiro atoms. The second kappa shape index (κ2) is 7.13. The fraction of sp³-hybridized carbons (Fsp3) is 0.625. The third-order valence-corrected chi connectivity index (χ3v) is 4.31. The maximum absolute atomic E-state index is 6.13. The van der Waals surface area contributed by atoms with Gasteiger partial charge in [-0.3, -0.25) is 4.90 Å². The SMILES string of the molecule is CC(C)CCN(C1CC1)C(CN)c1cc(Cl)cc(Cl)c1. The van der Waals surface area contributed by atoms with E-state index >= 15 is 0 Å². The van der Waals surface area contributed by atoms with Gasteiger partial charge in [-0.05, 0) is 55.5 Å². The lowest BCUT2D eigenvalue weighted by Crippen LogP contribution is -2.36. The first kappa shape index (κ1) is 16.1. The van der Waals surface area contributed by atoms with Crippen molar-refractivity contribution in [2.75, 3.05) is 13.1 Å². The molecule has 0 aliphatic heterocycles. The largest absolute Gasteiger partial charge is 0.329 e. The van der Waals surface area contributed by atoms with Gasteiger partial charge in [0, 0.05) is 28.7 Å². The van der Waals surface area contributed by atoms with E-state index in [1.807, 2.05) is 12.1 Å². The van der Waals surface area contributed by atoms with Crippen LogP contribution in [0.3, 0.4) is 0 Å². The second-order valence-electron chi connectivity index (χ2n) is 6.11. The van der Waals surface area contributed by atoms with E-state index in [1.165, 1.54) is 19.3 Å². The van der Waals surface area contributed by atoms with E-state index in [4.69, 9.17) is 28.9 Å². The minimum atomic E-state index is 0.220. The molecule has 1 atom stereocenters. The minimum absolute atomic E-state index is 0.220. The highest BCUT2D eigenvalue weighted by Crippen LogP contribution is 2.36. The average molecular weight is 315 g/mol. The molecule has 1 aromatic carbocycles. The van der Waals surface area contributed by atoms with Gasteiger partial charge in [0.05, 0.1) is 0 Å². The van der Waals surface area contributed by atoms with Crippen LogP contribution in [0.5, 0.6) is 0 Å². The monoisotopic (exact) mass is 314 g/mol. The van der Waals surface area contributed by atoms with E-state index in [0.29, 0.717) is 28.5 Å². The molecule has 1 saturated carbocycles. The van der Waals surface area contributed by atoms with Crippen LogP contribution in [0.15, 0.2) is 18.2 Å². The molecule has 1 aliphatic carbocycles. The summed E-state index contributed by atoms with van der Waals surface area (Å²) in [6.45, 7) is 6.22. The molecule has 20 heavy (non-hydrogen) atoms. The van der Waals surface area contributed by atoms with Gasteiger partial charge in [-0.15, -0.1) is 0 Å². The number of benzene rings is 1. The molecule has 1 aromatic rings. The van der Waals surface area contributed by atoms with Crippen molar-refractivity contribution in [2.24, 2.45) is 11.7 Å². The Morgan fingerprint density at radius 1 is 1.20 bits per heavy atom. The maximum atomic E-state index is 6.13. The predicted octanol–water partition coefficient (Wildman–Crippen LogP) is 4.50. The van der Waals surface area contributed by atoms with Crippen molar-refractivity contribution in [1.82, 2.24) is 4.90 Å². The molecule has 0 heterocycles. The molecule has 1 aliphatic rings. The van der Waals surface area contributed by atoms with E-state index in [1.54, 1.807) is 6.07 Å². The minimum Gasteiger partial charge on any atom is -0.329 e. The Bertz CT molecular complexity index is 424. The lowest BCUT2D eigenvalue weighted by atomic mass is 10.0. The summed E-state index contributed by atoms with van der Waals surface area (Å²) in [5, 5.41) is 1.37. The number of hydrogen-bond donors (Lipinski definition) is 1. The number of nitrogens with two attached hydrogens (primary N) is 1. The van der Waals surface area contributed by atoms with Gasteiger partial charge in [0.25, 0.3) is 0 Å². The third kappa shape index (κ3) is 4.36. The zero-order valence-electron chi connectivity index (χ0n) is 12.3. The summed E-state index contributed by atoms with van der Waals surface area (Å²) < 4.78 is 0. The molecule has 0 bridgehead atoms. The van der Waals surface area contributed by atoms with Crippen LogP contribution < -0.4 is 5.73 Å². The fourth-order valence-corrected chi connectivity index (χ4v) is 3.18. The van der Waals surface area contributed by atoms with Crippen molar-refractivity contribution in [3.63, 3.8) is 0 Å². The summed E-state index contributed by atoms with van der Waals surface area (Å²) in [5.74, 6) is 0.706. The summed E-state index contributed by atoms with van der Waals surface area (Å²) in [7, 11) is 0. The maximum Gasteiger partial charge on any atom is 0.0474 e. The van der Waals surface area contributed by atoms with Crippen LogP contribution in [0.25, 0.3) is 0 Å². The van der Waals surface area contributed by atoms with Crippen molar-refractivity contribution in [3.8, 4) is 0 Å². The first-order valence-electron chi connectivity index (χ1n) is 7.43. The molecule has 112 valence electrons. The van der Waals surface area contributed by atoms with Crippen molar-refractivity contribution >= 4 is 23.2 Å². The molecule has 0 radical (unpaired) electrons. The first-order valence-corrected chi connectivity index (χ1v) is 8.18. The van der Waals surface area contributed by atoms with Crippen LogP contribution in [-0.2, 0) is 0 Å². The highest BCUT2D eigenvalue weighted by atomic mass is 35.5. The molecule has 2 nitrogen and oxygen atoms in total. The lowest BCUT2D eigenvalue weighted by molar-refractivity contribution is 0.181. The molecule has 0 amide bonds. The fourth-order valence-electron chi connectivity index (χ4n) is 2.64. The second-order valence-corrected chi connectivity index (χ2v) is 6.98. The molecule has 0 aromatic heterocycles. The number of hydrogen-bond acceptors (Lipinski definition) is 2. The van der Waals surface area contributed by atoms with Crippen molar-refractivity contribution in [3.05, 3.63) is 33.8 Å². The van der Waals surface area contributed by atoms with Crippen LogP contribution in [0, 0.1) is 5.92 Å². The molecule has 2 rings (SSSR count). The summed E-state index contributed by atoms with van der Waals surface area (Å²) in [5.41, 5.74) is 7.19. The van der Waals surface area contributed by atoms with Crippen LogP contribution in [0.1, 0.15) is 44.7 Å². The van der Waals surface area contributed by atoms with Gasteiger partial charge in [-0.25, -0.2) is 0 Å². The Hall–Kier alpha value is -0.280. The zero-order chi connectivity index (χ0) is 14.7. The van der Waals surface area contributed by atoms with Gasteiger partial charge in [0.1, 0.15) is 0 Å². The molecular weight excluding hydrogens is 291 g/mol. The standard InChI is InChI=1S/C16H24Cl2N2/c1-11(2)5-6-20(15-3-4-15)16(10-19)12-7-13(17)9-14(18)8-12/h7-9,11,15-16H,3-6,10,19H2,1-2H3. The van der Waals surface area contributed by atoms with Gasteiger partial charge >= 0.3 is 0 Å². The van der Waals surface area contributed by atoms with E-state index in [2.05, 4.69) is 18.7 Å². The topological polar surface area (TPSA) is 29.3 Å². The smallest absolute Gasteiger partial charge is 0.0474 e. The summed E-state index contributed by atoms with van der Waals surface area (Å²) in [6.07, 6.45) is 3.76. The van der Waals surface area contributed by atoms with Crippen molar-refractivity contribution < 1.29 is 0 Å². The summed E-state index contributed by atoms with van der Waals surface area (Å²) in [4.78, 5) is 2.54. The van der Waals surface area contributed by atoms with E-state index in [-0.39, 0.29) is 6.04 Å². The van der Waals surface area contributed by atoms with Crippen molar-refractivity contribution in [1.29, 1.82) is 0 Å². The van der Waals surface area contributed by atoms with Gasteiger partial charge in [-0.2, -0.15) is 0 Å². The highest BCUT2D eigenvalue weighted by Gasteiger charge is 2.34. The van der Waals surface area contributed by atoms with Crippen LogP contribution >= 0.6 is 23.2 Å². The Labute approximate surface area is 132 Å². The molecule has 1 unspecified atom stereocenters. The van der Waals surface area contributed by atoms with Gasteiger partial charge in [0.2, 0.25) is 0 Å². The Morgan fingerprint density at radius 2 is 1.80 bits per heavy atom. The van der Waals surface area contributed by atoms with Crippen LogP contribution in [0.2, 0.25) is 10.0 Å². The predicted molar refractivity (Wildman–Crippen MR) is 87.4 cm³/mol. The number of nitrogens with zero attached hydrogens (tertiary/aromatic N) is 1. The first-order chi connectivity index (χ1) is 9.51. The lowest BCUT2D eigenvalue weighted by Gasteiger charge is -2.32. The van der Waals surface area contributed by atoms with Gasteiger partial charge < -0.3 is 5.73 Å². The summed E-state index contributed by atoms with van der Waals surface area (Å²) >= 11 is 12.3. The normalized spacial score (nSPS) is 16.9. The van der Waals surface area contributed by atoms with E-state index < -0.39 is 0 Å². The van der Waals surface area contributed by atoms with Crippen molar-refractivity contribution in [2.45, 2.75) is 45.2 Å². The number of rotatable bonds is 7. The van der Waals surface area contributed by atoms with Gasteiger partial charge in [0.15, 0.2) is 0 Å². The quantitative estimate of drug-likeness (QED) is 0.802. The summed E-state index contributed by atoms with van der Waals surface area (Å²) in [6, 6.07) is 6.67.